The minimum atomic E-state index is -0.306. The predicted octanol–water partition coefficient (Wildman–Crippen LogP) is 3.72. The molecule has 2 unspecified atom stereocenters. The Morgan fingerprint density at radius 1 is 1.37 bits per heavy atom. The number of rotatable bonds is 5. The summed E-state index contributed by atoms with van der Waals surface area (Å²) in [4.78, 5) is 0. The normalized spacial score (nSPS) is 23.3. The van der Waals surface area contributed by atoms with Crippen LogP contribution in [0.15, 0.2) is 18.2 Å². The van der Waals surface area contributed by atoms with E-state index in [0.717, 1.165) is 12.0 Å². The van der Waals surface area contributed by atoms with Gasteiger partial charge in [-0.2, -0.15) is 0 Å². The van der Waals surface area contributed by atoms with E-state index in [1.807, 2.05) is 6.07 Å². The topological polar surface area (TPSA) is 21.3 Å². The zero-order chi connectivity index (χ0) is 13.7. The van der Waals surface area contributed by atoms with Gasteiger partial charge in [-0.3, -0.25) is 0 Å². The monoisotopic (exact) mass is 285 g/mol. The van der Waals surface area contributed by atoms with Gasteiger partial charge < -0.3 is 10.1 Å². The standard InChI is InChI=1S/C15H21ClFNO/c1-19-15-7-6-11(8-13(15)17)10-18-14-5-3-2-4-12(14)9-16/h6-8,12,14,18H,2-5,9-10H2,1H3. The average molecular weight is 286 g/mol. The van der Waals surface area contributed by atoms with E-state index in [1.54, 1.807) is 6.07 Å². The molecule has 2 atom stereocenters. The van der Waals surface area contributed by atoms with Gasteiger partial charge in [-0.25, -0.2) is 4.39 Å². The summed E-state index contributed by atoms with van der Waals surface area (Å²) >= 11 is 6.01. The summed E-state index contributed by atoms with van der Waals surface area (Å²) < 4.78 is 18.5. The Labute approximate surface area is 119 Å². The molecule has 0 heterocycles. The van der Waals surface area contributed by atoms with Crippen LogP contribution >= 0.6 is 11.6 Å². The van der Waals surface area contributed by atoms with E-state index in [2.05, 4.69) is 5.32 Å². The number of methoxy groups -OCH3 is 1. The van der Waals surface area contributed by atoms with Crippen LogP contribution in [0, 0.1) is 11.7 Å². The molecule has 1 N–H and O–H groups in total. The molecule has 0 bridgehead atoms. The highest BCUT2D eigenvalue weighted by Crippen LogP contribution is 2.26. The van der Waals surface area contributed by atoms with Crippen LogP contribution in [0.5, 0.6) is 5.75 Å². The van der Waals surface area contributed by atoms with Crippen molar-refractivity contribution in [2.24, 2.45) is 5.92 Å². The van der Waals surface area contributed by atoms with Crippen molar-refractivity contribution in [2.45, 2.75) is 38.3 Å². The van der Waals surface area contributed by atoms with Crippen LogP contribution in [0.25, 0.3) is 0 Å². The molecule has 1 aromatic carbocycles. The molecule has 4 heteroatoms. The van der Waals surface area contributed by atoms with Crippen LogP contribution in [0.4, 0.5) is 4.39 Å². The molecule has 0 radical (unpaired) electrons. The third-order valence-corrected chi connectivity index (χ3v) is 4.29. The Morgan fingerprint density at radius 2 is 2.16 bits per heavy atom. The SMILES string of the molecule is COc1ccc(CNC2CCCCC2CCl)cc1F. The van der Waals surface area contributed by atoms with Gasteiger partial charge in [-0.05, 0) is 36.5 Å². The fourth-order valence-electron chi connectivity index (χ4n) is 2.73. The maximum absolute atomic E-state index is 13.6. The second kappa shape index (κ2) is 7.11. The van der Waals surface area contributed by atoms with E-state index < -0.39 is 0 Å². The Hall–Kier alpha value is -0.800. The summed E-state index contributed by atoms with van der Waals surface area (Å²) in [5, 5.41) is 3.51. The maximum atomic E-state index is 13.6. The number of alkyl halides is 1. The van der Waals surface area contributed by atoms with Crippen molar-refractivity contribution >= 4 is 11.6 Å². The zero-order valence-electron chi connectivity index (χ0n) is 11.3. The summed E-state index contributed by atoms with van der Waals surface area (Å²) in [6.45, 7) is 0.680. The summed E-state index contributed by atoms with van der Waals surface area (Å²) in [5.41, 5.74) is 0.942. The summed E-state index contributed by atoms with van der Waals surface area (Å²) in [6.07, 6.45) is 4.88. The zero-order valence-corrected chi connectivity index (χ0v) is 12.0. The lowest BCUT2D eigenvalue weighted by Crippen LogP contribution is -2.38. The molecule has 2 nitrogen and oxygen atoms in total. The molecule has 0 aromatic heterocycles. The largest absolute Gasteiger partial charge is 0.494 e. The van der Waals surface area contributed by atoms with Crippen molar-refractivity contribution in [3.8, 4) is 5.75 Å². The lowest BCUT2D eigenvalue weighted by atomic mass is 9.85. The molecule has 1 saturated carbocycles. The van der Waals surface area contributed by atoms with Crippen molar-refractivity contribution in [3.05, 3.63) is 29.6 Å². The molecular formula is C15H21ClFNO. The highest BCUT2D eigenvalue weighted by atomic mass is 35.5. The summed E-state index contributed by atoms with van der Waals surface area (Å²) in [5.74, 6) is 1.23. The van der Waals surface area contributed by atoms with Gasteiger partial charge in [0.05, 0.1) is 7.11 Å². The van der Waals surface area contributed by atoms with E-state index in [1.165, 1.54) is 32.4 Å². The third-order valence-electron chi connectivity index (χ3n) is 3.89. The van der Waals surface area contributed by atoms with Gasteiger partial charge in [0.1, 0.15) is 0 Å². The third kappa shape index (κ3) is 3.83. The molecular weight excluding hydrogens is 265 g/mol. The Balaban J connectivity index is 1.92. The second-order valence-corrected chi connectivity index (χ2v) is 5.46. The highest BCUT2D eigenvalue weighted by molar-refractivity contribution is 6.18. The van der Waals surface area contributed by atoms with Gasteiger partial charge in [0.25, 0.3) is 0 Å². The van der Waals surface area contributed by atoms with Crippen molar-refractivity contribution in [2.75, 3.05) is 13.0 Å². The number of ether oxygens (including phenoxy) is 1. The van der Waals surface area contributed by atoms with Gasteiger partial charge in [-0.15, -0.1) is 11.6 Å². The minimum Gasteiger partial charge on any atom is -0.494 e. The number of halogens is 2. The van der Waals surface area contributed by atoms with Gasteiger partial charge in [-0.1, -0.05) is 18.9 Å². The van der Waals surface area contributed by atoms with Crippen molar-refractivity contribution in [3.63, 3.8) is 0 Å². The molecule has 1 aliphatic carbocycles. The Kier molecular flexibility index (Phi) is 5.46. The second-order valence-electron chi connectivity index (χ2n) is 5.16. The fraction of sp³-hybridized carbons (Fsp3) is 0.600. The molecule has 1 fully saturated rings. The number of benzene rings is 1. The lowest BCUT2D eigenvalue weighted by Gasteiger charge is -2.31. The minimum absolute atomic E-state index is 0.292. The van der Waals surface area contributed by atoms with Crippen molar-refractivity contribution in [1.29, 1.82) is 0 Å². The first-order valence-electron chi connectivity index (χ1n) is 6.86. The predicted molar refractivity (Wildman–Crippen MR) is 76.3 cm³/mol. The fourth-order valence-corrected chi connectivity index (χ4v) is 3.10. The summed E-state index contributed by atoms with van der Waals surface area (Å²) in [7, 11) is 1.48. The first-order valence-corrected chi connectivity index (χ1v) is 7.40. The molecule has 19 heavy (non-hydrogen) atoms. The molecule has 1 aliphatic rings. The molecule has 0 aliphatic heterocycles. The van der Waals surface area contributed by atoms with Gasteiger partial charge in [0, 0.05) is 18.5 Å². The maximum Gasteiger partial charge on any atom is 0.165 e. The van der Waals surface area contributed by atoms with Crippen molar-refractivity contribution in [1.82, 2.24) is 5.32 Å². The van der Waals surface area contributed by atoms with E-state index in [-0.39, 0.29) is 5.82 Å². The quantitative estimate of drug-likeness (QED) is 0.833. The lowest BCUT2D eigenvalue weighted by molar-refractivity contribution is 0.282. The molecule has 1 aromatic rings. The van der Waals surface area contributed by atoms with Crippen LogP contribution in [-0.4, -0.2) is 19.0 Å². The first kappa shape index (κ1) is 14.6. The van der Waals surface area contributed by atoms with Crippen LogP contribution in [0.2, 0.25) is 0 Å². The van der Waals surface area contributed by atoms with Gasteiger partial charge >= 0.3 is 0 Å². The van der Waals surface area contributed by atoms with Crippen LogP contribution in [0.1, 0.15) is 31.2 Å². The van der Waals surface area contributed by atoms with E-state index >= 15 is 0 Å². The highest BCUT2D eigenvalue weighted by Gasteiger charge is 2.23. The molecule has 0 saturated heterocycles. The van der Waals surface area contributed by atoms with E-state index in [0.29, 0.717) is 30.1 Å². The van der Waals surface area contributed by atoms with Crippen LogP contribution in [-0.2, 0) is 6.54 Å². The molecule has 0 amide bonds. The Bertz CT molecular complexity index is 413. The van der Waals surface area contributed by atoms with Gasteiger partial charge in [0.15, 0.2) is 11.6 Å². The summed E-state index contributed by atoms with van der Waals surface area (Å²) in [6, 6.07) is 5.56. The number of hydrogen-bond acceptors (Lipinski definition) is 2. The van der Waals surface area contributed by atoms with Crippen molar-refractivity contribution < 1.29 is 9.13 Å². The van der Waals surface area contributed by atoms with Crippen LogP contribution in [0.3, 0.4) is 0 Å². The molecule has 106 valence electrons. The smallest absolute Gasteiger partial charge is 0.165 e. The molecule has 2 rings (SSSR count). The molecule has 0 spiro atoms. The number of nitrogens with one attached hydrogen (secondary N) is 1. The first-order chi connectivity index (χ1) is 9.24. The van der Waals surface area contributed by atoms with E-state index in [4.69, 9.17) is 16.3 Å². The van der Waals surface area contributed by atoms with Crippen LogP contribution < -0.4 is 10.1 Å². The van der Waals surface area contributed by atoms with Gasteiger partial charge in [0.2, 0.25) is 0 Å². The Morgan fingerprint density at radius 3 is 2.84 bits per heavy atom. The van der Waals surface area contributed by atoms with E-state index in [9.17, 15) is 4.39 Å². The average Bonchev–Trinajstić information content (AvgIpc) is 2.45. The number of hydrogen-bond donors (Lipinski definition) is 1.